The molecule has 0 aliphatic carbocycles. The molecule has 4 heteroatoms. The third-order valence-corrected chi connectivity index (χ3v) is 3.26. The molecule has 0 fully saturated rings. The zero-order chi connectivity index (χ0) is 13.8. The molecular weight excluding hydrogens is 238 g/mol. The molecule has 0 spiro atoms. The van der Waals surface area contributed by atoms with E-state index in [-0.39, 0.29) is 6.04 Å². The second-order valence-corrected chi connectivity index (χ2v) is 4.86. The summed E-state index contributed by atoms with van der Waals surface area (Å²) in [7, 11) is 1.94. The topological polar surface area (TPSA) is 53.1 Å². The monoisotopic (exact) mass is 259 g/mol. The Morgan fingerprint density at radius 3 is 2.74 bits per heavy atom. The Morgan fingerprint density at radius 1 is 1.37 bits per heavy atom. The van der Waals surface area contributed by atoms with Crippen LogP contribution in [0.2, 0.25) is 0 Å². The summed E-state index contributed by atoms with van der Waals surface area (Å²) in [6, 6.07) is 8.18. The van der Waals surface area contributed by atoms with Crippen LogP contribution < -0.4 is 10.5 Å². The molecule has 0 radical (unpaired) electrons. The van der Waals surface area contributed by atoms with Crippen LogP contribution in [0.3, 0.4) is 0 Å². The molecule has 0 saturated heterocycles. The lowest BCUT2D eigenvalue weighted by Gasteiger charge is -2.12. The van der Waals surface area contributed by atoms with Crippen LogP contribution in [0, 0.1) is 6.92 Å². The number of hydrogen-bond donors (Lipinski definition) is 1. The van der Waals surface area contributed by atoms with Crippen molar-refractivity contribution in [2.45, 2.75) is 26.3 Å². The molecule has 0 saturated carbocycles. The SMILES string of the molecule is Cc1cc([C@H](C)N)ccc1OCCc1ccnn1C. The molecule has 0 bridgehead atoms. The molecule has 19 heavy (non-hydrogen) atoms. The van der Waals surface area contributed by atoms with Crippen LogP contribution in [0.1, 0.15) is 29.8 Å². The minimum absolute atomic E-state index is 0.0576. The Labute approximate surface area is 114 Å². The van der Waals surface area contributed by atoms with E-state index in [9.17, 15) is 0 Å². The normalized spacial score (nSPS) is 12.4. The number of hydrogen-bond acceptors (Lipinski definition) is 3. The van der Waals surface area contributed by atoms with Crippen LogP contribution in [-0.2, 0) is 13.5 Å². The van der Waals surface area contributed by atoms with Gasteiger partial charge in [0.05, 0.1) is 6.61 Å². The standard InChI is InChI=1S/C15H21N3O/c1-11-10-13(12(2)16)4-5-15(11)19-9-7-14-6-8-17-18(14)3/h4-6,8,10,12H,7,9,16H2,1-3H3/t12-/m0/s1. The van der Waals surface area contributed by atoms with E-state index in [4.69, 9.17) is 10.5 Å². The van der Waals surface area contributed by atoms with Crippen molar-refractivity contribution in [2.75, 3.05) is 6.61 Å². The first-order valence-electron chi connectivity index (χ1n) is 6.53. The Hall–Kier alpha value is -1.81. The van der Waals surface area contributed by atoms with Crippen molar-refractivity contribution in [3.8, 4) is 5.75 Å². The molecule has 1 heterocycles. The van der Waals surface area contributed by atoms with Gasteiger partial charge < -0.3 is 10.5 Å². The predicted octanol–water partition coefficient (Wildman–Crippen LogP) is 2.37. The maximum absolute atomic E-state index is 5.86. The second-order valence-electron chi connectivity index (χ2n) is 4.86. The zero-order valence-corrected chi connectivity index (χ0v) is 11.8. The molecule has 0 unspecified atom stereocenters. The summed E-state index contributed by atoms with van der Waals surface area (Å²) in [5.74, 6) is 0.923. The third kappa shape index (κ3) is 3.35. The van der Waals surface area contributed by atoms with E-state index in [1.165, 1.54) is 5.69 Å². The smallest absolute Gasteiger partial charge is 0.122 e. The van der Waals surface area contributed by atoms with Gasteiger partial charge in [-0.15, -0.1) is 0 Å². The maximum Gasteiger partial charge on any atom is 0.122 e. The summed E-state index contributed by atoms with van der Waals surface area (Å²) in [6.07, 6.45) is 2.66. The number of aryl methyl sites for hydroxylation is 2. The number of benzene rings is 1. The fourth-order valence-corrected chi connectivity index (χ4v) is 2.03. The fraction of sp³-hybridized carbons (Fsp3) is 0.400. The summed E-state index contributed by atoms with van der Waals surface area (Å²) < 4.78 is 7.69. The predicted molar refractivity (Wildman–Crippen MR) is 76.2 cm³/mol. The maximum atomic E-state index is 5.86. The highest BCUT2D eigenvalue weighted by molar-refractivity contribution is 5.37. The highest BCUT2D eigenvalue weighted by Gasteiger charge is 2.05. The van der Waals surface area contributed by atoms with Gasteiger partial charge in [-0.1, -0.05) is 12.1 Å². The molecule has 2 aromatic rings. The Bertz CT molecular complexity index is 546. The summed E-state index contributed by atoms with van der Waals surface area (Å²) in [6.45, 7) is 4.68. The van der Waals surface area contributed by atoms with Crippen LogP contribution in [0.15, 0.2) is 30.5 Å². The second kappa shape index (κ2) is 5.89. The van der Waals surface area contributed by atoms with Crippen molar-refractivity contribution >= 4 is 0 Å². The van der Waals surface area contributed by atoms with Crippen LogP contribution in [0.5, 0.6) is 5.75 Å². The van der Waals surface area contributed by atoms with Crippen LogP contribution in [0.25, 0.3) is 0 Å². The number of nitrogens with two attached hydrogens (primary N) is 1. The molecule has 0 amide bonds. The van der Waals surface area contributed by atoms with Crippen molar-refractivity contribution in [1.29, 1.82) is 0 Å². The molecule has 1 atom stereocenters. The summed E-state index contributed by atoms with van der Waals surface area (Å²) in [4.78, 5) is 0. The first-order valence-corrected chi connectivity index (χ1v) is 6.53. The minimum atomic E-state index is 0.0576. The highest BCUT2D eigenvalue weighted by Crippen LogP contribution is 2.22. The lowest BCUT2D eigenvalue weighted by molar-refractivity contribution is 0.316. The first kappa shape index (κ1) is 13.6. The van der Waals surface area contributed by atoms with Crippen molar-refractivity contribution < 1.29 is 4.74 Å². The number of aromatic nitrogens is 2. The van der Waals surface area contributed by atoms with Gasteiger partial charge in [-0.3, -0.25) is 4.68 Å². The van der Waals surface area contributed by atoms with E-state index >= 15 is 0 Å². The van der Waals surface area contributed by atoms with Gasteiger partial charge in [0, 0.05) is 31.4 Å². The Balaban J connectivity index is 1.95. The van der Waals surface area contributed by atoms with Gasteiger partial charge in [-0.2, -0.15) is 5.10 Å². The van der Waals surface area contributed by atoms with Gasteiger partial charge in [-0.05, 0) is 37.1 Å². The quantitative estimate of drug-likeness (QED) is 0.897. The summed E-state index contributed by atoms with van der Waals surface area (Å²) in [5.41, 5.74) is 9.29. The molecule has 1 aromatic heterocycles. The van der Waals surface area contributed by atoms with Gasteiger partial charge >= 0.3 is 0 Å². The lowest BCUT2D eigenvalue weighted by atomic mass is 10.1. The van der Waals surface area contributed by atoms with E-state index in [1.54, 1.807) is 6.20 Å². The molecule has 2 N–H and O–H groups in total. The lowest BCUT2D eigenvalue weighted by Crippen LogP contribution is -2.08. The molecular formula is C15H21N3O. The third-order valence-electron chi connectivity index (χ3n) is 3.26. The summed E-state index contributed by atoms with van der Waals surface area (Å²) in [5, 5.41) is 4.14. The van der Waals surface area contributed by atoms with E-state index in [1.807, 2.05) is 43.8 Å². The average Bonchev–Trinajstić information content (AvgIpc) is 2.77. The van der Waals surface area contributed by atoms with E-state index in [0.717, 1.165) is 23.3 Å². The highest BCUT2D eigenvalue weighted by atomic mass is 16.5. The number of rotatable bonds is 5. The van der Waals surface area contributed by atoms with Crippen molar-refractivity contribution in [3.63, 3.8) is 0 Å². The van der Waals surface area contributed by atoms with Crippen molar-refractivity contribution in [2.24, 2.45) is 12.8 Å². The Kier molecular flexibility index (Phi) is 4.22. The van der Waals surface area contributed by atoms with Gasteiger partial charge in [0.2, 0.25) is 0 Å². The van der Waals surface area contributed by atoms with Gasteiger partial charge in [0.1, 0.15) is 5.75 Å². The van der Waals surface area contributed by atoms with E-state index < -0.39 is 0 Å². The van der Waals surface area contributed by atoms with Crippen LogP contribution in [-0.4, -0.2) is 16.4 Å². The first-order chi connectivity index (χ1) is 9.08. The Morgan fingerprint density at radius 2 is 2.16 bits per heavy atom. The average molecular weight is 259 g/mol. The fourth-order valence-electron chi connectivity index (χ4n) is 2.03. The molecule has 0 aliphatic heterocycles. The number of ether oxygens (including phenoxy) is 1. The van der Waals surface area contributed by atoms with E-state index in [2.05, 4.69) is 11.2 Å². The molecule has 4 nitrogen and oxygen atoms in total. The van der Waals surface area contributed by atoms with Gasteiger partial charge in [-0.25, -0.2) is 0 Å². The molecule has 0 aliphatic rings. The van der Waals surface area contributed by atoms with Crippen molar-refractivity contribution in [1.82, 2.24) is 9.78 Å². The van der Waals surface area contributed by atoms with Crippen LogP contribution >= 0.6 is 0 Å². The minimum Gasteiger partial charge on any atom is -0.493 e. The van der Waals surface area contributed by atoms with Gasteiger partial charge in [0.15, 0.2) is 0 Å². The molecule has 1 aromatic carbocycles. The molecule has 2 rings (SSSR count). The number of nitrogens with zero attached hydrogens (tertiary/aromatic N) is 2. The van der Waals surface area contributed by atoms with Gasteiger partial charge in [0.25, 0.3) is 0 Å². The molecule has 102 valence electrons. The largest absolute Gasteiger partial charge is 0.493 e. The zero-order valence-electron chi connectivity index (χ0n) is 11.8. The van der Waals surface area contributed by atoms with Crippen molar-refractivity contribution in [3.05, 3.63) is 47.3 Å². The van der Waals surface area contributed by atoms with Crippen LogP contribution in [0.4, 0.5) is 0 Å². The van der Waals surface area contributed by atoms with E-state index in [0.29, 0.717) is 6.61 Å². The summed E-state index contributed by atoms with van der Waals surface area (Å²) >= 11 is 0.